The number of nitrogens with zero attached hydrogens (tertiary/aromatic N) is 3. The van der Waals surface area contributed by atoms with Gasteiger partial charge in [-0.2, -0.15) is 5.10 Å². The number of benzene rings is 1. The molecule has 0 radical (unpaired) electrons. The van der Waals surface area contributed by atoms with Crippen LogP contribution in [0.5, 0.6) is 0 Å². The molecule has 118 valence electrons. The molecule has 0 fully saturated rings. The van der Waals surface area contributed by atoms with Gasteiger partial charge in [0.2, 0.25) is 0 Å². The zero-order chi connectivity index (χ0) is 14.9. The molecule has 0 aliphatic carbocycles. The molecule has 0 amide bonds. The van der Waals surface area contributed by atoms with Crippen LogP contribution >= 0.6 is 24.0 Å². The third-order valence-electron chi connectivity index (χ3n) is 2.88. The predicted molar refractivity (Wildman–Crippen MR) is 102 cm³/mol. The summed E-state index contributed by atoms with van der Waals surface area (Å²) >= 11 is 0. The zero-order valence-corrected chi connectivity index (χ0v) is 15.0. The van der Waals surface area contributed by atoms with E-state index in [-0.39, 0.29) is 24.0 Å². The van der Waals surface area contributed by atoms with Gasteiger partial charge in [0, 0.05) is 25.5 Å². The van der Waals surface area contributed by atoms with Gasteiger partial charge in [0.25, 0.3) is 0 Å². The molecule has 0 atom stereocenters. The van der Waals surface area contributed by atoms with Gasteiger partial charge in [0.15, 0.2) is 5.96 Å². The summed E-state index contributed by atoms with van der Waals surface area (Å²) in [7, 11) is 0. The van der Waals surface area contributed by atoms with Gasteiger partial charge < -0.3 is 10.6 Å². The first-order valence-electron chi connectivity index (χ1n) is 7.05. The molecule has 5 nitrogen and oxygen atoms in total. The Labute approximate surface area is 148 Å². The van der Waals surface area contributed by atoms with Crippen molar-refractivity contribution in [3.05, 3.63) is 60.9 Å². The van der Waals surface area contributed by atoms with Crippen molar-refractivity contribution in [3.63, 3.8) is 0 Å². The van der Waals surface area contributed by atoms with E-state index in [1.54, 1.807) is 6.20 Å². The molecule has 2 aromatic rings. The van der Waals surface area contributed by atoms with Crippen molar-refractivity contribution in [1.29, 1.82) is 0 Å². The minimum absolute atomic E-state index is 0. The molecule has 1 aromatic carbocycles. The van der Waals surface area contributed by atoms with E-state index in [0.29, 0.717) is 13.1 Å². The average molecular weight is 411 g/mol. The lowest BCUT2D eigenvalue weighted by Crippen LogP contribution is -2.37. The highest BCUT2D eigenvalue weighted by molar-refractivity contribution is 14.0. The van der Waals surface area contributed by atoms with Gasteiger partial charge in [0.1, 0.15) is 0 Å². The molecule has 1 heterocycles. The Morgan fingerprint density at radius 2 is 2.09 bits per heavy atom. The lowest BCUT2D eigenvalue weighted by molar-refractivity contribution is 0.858. The number of hydrogen-bond donors (Lipinski definition) is 2. The lowest BCUT2D eigenvalue weighted by atomic mass is 10.2. The maximum Gasteiger partial charge on any atom is 0.191 e. The molecule has 0 saturated carbocycles. The number of aromatic nitrogens is 2. The van der Waals surface area contributed by atoms with E-state index in [2.05, 4.69) is 39.4 Å². The van der Waals surface area contributed by atoms with E-state index in [1.165, 1.54) is 0 Å². The van der Waals surface area contributed by atoms with Crippen LogP contribution in [0, 0.1) is 0 Å². The van der Waals surface area contributed by atoms with Crippen LogP contribution in [0.4, 0.5) is 0 Å². The van der Waals surface area contributed by atoms with Crippen LogP contribution in [-0.2, 0) is 6.54 Å². The molecule has 0 spiro atoms. The van der Waals surface area contributed by atoms with Crippen molar-refractivity contribution in [2.75, 3.05) is 13.1 Å². The average Bonchev–Trinajstić information content (AvgIpc) is 3.05. The number of rotatable bonds is 6. The Balaban J connectivity index is 0.00000242. The van der Waals surface area contributed by atoms with E-state index in [9.17, 15) is 0 Å². The largest absolute Gasteiger partial charge is 0.357 e. The Hall–Kier alpha value is -1.83. The molecule has 6 heteroatoms. The maximum atomic E-state index is 4.54. The zero-order valence-electron chi connectivity index (χ0n) is 12.7. The van der Waals surface area contributed by atoms with Gasteiger partial charge in [0.05, 0.1) is 12.2 Å². The van der Waals surface area contributed by atoms with Crippen molar-refractivity contribution in [2.45, 2.75) is 13.5 Å². The SMILES string of the molecule is C=CCNC(=NCc1ccc(-n2cccn2)cc1)NCC.I. The summed E-state index contributed by atoms with van der Waals surface area (Å²) in [6, 6.07) is 10.1. The summed E-state index contributed by atoms with van der Waals surface area (Å²) < 4.78 is 1.84. The van der Waals surface area contributed by atoms with Gasteiger partial charge in [-0.25, -0.2) is 9.67 Å². The van der Waals surface area contributed by atoms with Crippen molar-refractivity contribution < 1.29 is 0 Å². The molecule has 0 unspecified atom stereocenters. The third kappa shape index (κ3) is 5.51. The molecule has 2 rings (SSSR count). The van der Waals surface area contributed by atoms with Gasteiger partial charge in [-0.1, -0.05) is 18.2 Å². The fourth-order valence-electron chi connectivity index (χ4n) is 1.86. The normalized spacial score (nSPS) is 10.7. The Kier molecular flexibility index (Phi) is 8.27. The van der Waals surface area contributed by atoms with Gasteiger partial charge in [-0.15, -0.1) is 30.6 Å². The second kappa shape index (κ2) is 9.99. The molecule has 2 N–H and O–H groups in total. The molecular weight excluding hydrogens is 389 g/mol. The first-order valence-corrected chi connectivity index (χ1v) is 7.05. The fourth-order valence-corrected chi connectivity index (χ4v) is 1.86. The minimum Gasteiger partial charge on any atom is -0.357 e. The lowest BCUT2D eigenvalue weighted by Gasteiger charge is -2.09. The predicted octanol–water partition coefficient (Wildman–Crippen LogP) is 2.73. The van der Waals surface area contributed by atoms with Crippen LogP contribution < -0.4 is 10.6 Å². The molecule has 0 bridgehead atoms. The van der Waals surface area contributed by atoms with E-state index in [0.717, 1.165) is 23.8 Å². The summed E-state index contributed by atoms with van der Waals surface area (Å²) in [5.41, 5.74) is 2.20. The minimum atomic E-state index is 0. The monoisotopic (exact) mass is 411 g/mol. The number of nitrogens with one attached hydrogen (secondary N) is 2. The van der Waals surface area contributed by atoms with Crippen LogP contribution in [0.25, 0.3) is 5.69 Å². The second-order valence-electron chi connectivity index (χ2n) is 4.48. The number of hydrogen-bond acceptors (Lipinski definition) is 2. The smallest absolute Gasteiger partial charge is 0.191 e. The summed E-state index contributed by atoms with van der Waals surface area (Å²) in [6.07, 6.45) is 5.51. The highest BCUT2D eigenvalue weighted by Crippen LogP contribution is 2.09. The summed E-state index contributed by atoms with van der Waals surface area (Å²) in [4.78, 5) is 4.54. The number of aliphatic imine (C=N–C) groups is 1. The van der Waals surface area contributed by atoms with Crippen molar-refractivity contribution in [1.82, 2.24) is 20.4 Å². The van der Waals surface area contributed by atoms with E-state index >= 15 is 0 Å². The fraction of sp³-hybridized carbons (Fsp3) is 0.250. The first kappa shape index (κ1) is 18.2. The Bertz CT molecular complexity index is 575. The van der Waals surface area contributed by atoms with Crippen molar-refractivity contribution in [3.8, 4) is 5.69 Å². The topological polar surface area (TPSA) is 54.2 Å². The quantitative estimate of drug-likeness (QED) is 0.333. The molecular formula is C16H22IN5. The highest BCUT2D eigenvalue weighted by atomic mass is 127. The summed E-state index contributed by atoms with van der Waals surface area (Å²) in [5.74, 6) is 0.800. The van der Waals surface area contributed by atoms with Crippen molar-refractivity contribution in [2.24, 2.45) is 4.99 Å². The third-order valence-corrected chi connectivity index (χ3v) is 2.88. The molecule has 1 aromatic heterocycles. The highest BCUT2D eigenvalue weighted by Gasteiger charge is 1.98. The first-order chi connectivity index (χ1) is 10.3. The van der Waals surface area contributed by atoms with Gasteiger partial charge >= 0.3 is 0 Å². The van der Waals surface area contributed by atoms with Gasteiger partial charge in [-0.05, 0) is 30.7 Å². The van der Waals surface area contributed by atoms with E-state index in [1.807, 2.05) is 42.1 Å². The summed E-state index contributed by atoms with van der Waals surface area (Å²) in [6.45, 7) is 7.90. The molecule has 0 aliphatic rings. The number of halogens is 1. The van der Waals surface area contributed by atoms with Crippen LogP contribution in [0.1, 0.15) is 12.5 Å². The summed E-state index contributed by atoms with van der Waals surface area (Å²) in [5, 5.41) is 10.6. The Morgan fingerprint density at radius 1 is 1.32 bits per heavy atom. The van der Waals surface area contributed by atoms with Gasteiger partial charge in [-0.3, -0.25) is 0 Å². The molecule has 0 saturated heterocycles. The van der Waals surface area contributed by atoms with E-state index in [4.69, 9.17) is 0 Å². The second-order valence-corrected chi connectivity index (χ2v) is 4.48. The van der Waals surface area contributed by atoms with Crippen LogP contribution in [0.2, 0.25) is 0 Å². The van der Waals surface area contributed by atoms with Crippen LogP contribution in [0.3, 0.4) is 0 Å². The van der Waals surface area contributed by atoms with Crippen molar-refractivity contribution >= 4 is 29.9 Å². The maximum absolute atomic E-state index is 4.54. The standard InChI is InChI=1S/C16H21N5.HI/c1-3-10-18-16(17-4-2)19-13-14-6-8-15(9-7-14)21-12-5-11-20-21;/h3,5-9,11-12H,1,4,10,13H2,2H3,(H2,17,18,19);1H. The van der Waals surface area contributed by atoms with Crippen LogP contribution in [0.15, 0.2) is 60.4 Å². The molecule has 22 heavy (non-hydrogen) atoms. The molecule has 0 aliphatic heterocycles. The number of guanidine groups is 1. The Morgan fingerprint density at radius 3 is 2.68 bits per heavy atom. The van der Waals surface area contributed by atoms with Crippen LogP contribution in [-0.4, -0.2) is 28.8 Å². The van der Waals surface area contributed by atoms with E-state index < -0.39 is 0 Å².